The highest BCUT2D eigenvalue weighted by molar-refractivity contribution is 7.80. The number of thiocarbonyl (C=S) groups is 1. The maximum absolute atomic E-state index is 5.51. The van der Waals surface area contributed by atoms with E-state index in [9.17, 15) is 0 Å². The number of hydrogen-bond acceptors (Lipinski definition) is 3. The molecular weight excluding hydrogens is 330 g/mol. The second-order valence-corrected chi connectivity index (χ2v) is 8.21. The number of aromatic nitrogens is 2. The van der Waals surface area contributed by atoms with Gasteiger partial charge >= 0.3 is 0 Å². The fourth-order valence-corrected chi connectivity index (χ4v) is 3.58. The van der Waals surface area contributed by atoms with Gasteiger partial charge in [-0.1, -0.05) is 33.0 Å². The Kier molecular flexibility index (Phi) is 7.20. The maximum atomic E-state index is 5.51. The topological polar surface area (TPSA) is 30.3 Å². The van der Waals surface area contributed by atoms with Gasteiger partial charge in [-0.05, 0) is 44.8 Å². The summed E-state index contributed by atoms with van der Waals surface area (Å²) in [7, 11) is 0. The van der Waals surface area contributed by atoms with Crippen molar-refractivity contribution in [3.63, 3.8) is 0 Å². The quantitative estimate of drug-likeness (QED) is 0.557. The molecule has 0 spiro atoms. The average molecular weight is 364 g/mol. The number of likely N-dealkylation sites (N-methyl/N-ethyl adjacent to an activating group) is 1. The molecule has 25 heavy (non-hydrogen) atoms. The van der Waals surface area contributed by atoms with Crippen molar-refractivity contribution in [3.05, 3.63) is 23.8 Å². The van der Waals surface area contributed by atoms with E-state index in [1.807, 2.05) is 6.08 Å². The Balaban J connectivity index is 2.17. The summed E-state index contributed by atoms with van der Waals surface area (Å²) in [5, 5.41) is 0. The zero-order valence-electron chi connectivity index (χ0n) is 16.4. The van der Waals surface area contributed by atoms with Gasteiger partial charge in [0.25, 0.3) is 0 Å². The fourth-order valence-electron chi connectivity index (χ4n) is 3.26. The molecule has 0 radical (unpaired) electrons. The van der Waals surface area contributed by atoms with Gasteiger partial charge in [-0.25, -0.2) is 4.98 Å². The summed E-state index contributed by atoms with van der Waals surface area (Å²) < 4.78 is 7.84. The summed E-state index contributed by atoms with van der Waals surface area (Å²) in [5.41, 5.74) is 1.02. The number of imidazole rings is 1. The molecule has 1 aliphatic heterocycles. The molecule has 1 saturated heterocycles. The first-order chi connectivity index (χ1) is 11.8. The van der Waals surface area contributed by atoms with Crippen LogP contribution in [0.15, 0.2) is 12.3 Å². The Bertz CT molecular complexity index is 591. The van der Waals surface area contributed by atoms with Crippen molar-refractivity contribution < 1.29 is 4.74 Å². The highest BCUT2D eigenvalue weighted by Crippen LogP contribution is 2.25. The molecule has 1 fully saturated rings. The smallest absolute Gasteiger partial charge is 0.114 e. The lowest BCUT2D eigenvalue weighted by atomic mass is 9.94. The lowest BCUT2D eigenvalue weighted by molar-refractivity contribution is 0.0607. The summed E-state index contributed by atoms with van der Waals surface area (Å²) in [6.45, 7) is 15.6. The number of rotatable bonds is 6. The monoisotopic (exact) mass is 363 g/mol. The fraction of sp³-hybridized carbons (Fsp3) is 0.700. The van der Waals surface area contributed by atoms with Crippen LogP contribution in [0, 0.1) is 5.92 Å². The van der Waals surface area contributed by atoms with Crippen molar-refractivity contribution in [1.29, 1.82) is 0 Å². The average Bonchev–Trinajstić information content (AvgIpc) is 2.98. The molecule has 0 aromatic carbocycles. The first-order valence-electron chi connectivity index (χ1n) is 9.47. The zero-order valence-corrected chi connectivity index (χ0v) is 17.2. The Labute approximate surface area is 158 Å². The van der Waals surface area contributed by atoms with E-state index in [-0.39, 0.29) is 5.41 Å². The zero-order chi connectivity index (χ0) is 18.4. The van der Waals surface area contributed by atoms with Gasteiger partial charge in [0.15, 0.2) is 0 Å². The summed E-state index contributed by atoms with van der Waals surface area (Å²) in [5.74, 6) is 1.82. The minimum Gasteiger partial charge on any atom is -0.381 e. The van der Waals surface area contributed by atoms with E-state index in [2.05, 4.69) is 56.4 Å². The van der Waals surface area contributed by atoms with Gasteiger partial charge in [0.1, 0.15) is 10.8 Å². The van der Waals surface area contributed by atoms with Crippen LogP contribution in [0.3, 0.4) is 0 Å². The van der Waals surface area contributed by atoms with Crippen LogP contribution in [0.25, 0.3) is 6.08 Å². The third-order valence-electron chi connectivity index (χ3n) is 4.73. The molecule has 1 aliphatic rings. The van der Waals surface area contributed by atoms with Crippen LogP contribution < -0.4 is 0 Å². The summed E-state index contributed by atoms with van der Waals surface area (Å²) in [6, 6.07) is 0. The second kappa shape index (κ2) is 8.95. The van der Waals surface area contributed by atoms with Gasteiger partial charge in [0.2, 0.25) is 0 Å². The lowest BCUT2D eigenvalue weighted by Gasteiger charge is -2.25. The van der Waals surface area contributed by atoms with Crippen LogP contribution in [0.5, 0.6) is 0 Å². The van der Waals surface area contributed by atoms with Crippen LogP contribution in [-0.2, 0) is 16.7 Å². The first kappa shape index (κ1) is 20.1. The van der Waals surface area contributed by atoms with Gasteiger partial charge in [0.05, 0.1) is 5.69 Å². The van der Waals surface area contributed by atoms with E-state index in [1.165, 1.54) is 0 Å². The van der Waals surface area contributed by atoms with E-state index in [0.717, 1.165) is 62.2 Å². The van der Waals surface area contributed by atoms with Gasteiger partial charge in [0, 0.05) is 44.5 Å². The van der Waals surface area contributed by atoms with Crippen LogP contribution in [0.2, 0.25) is 0 Å². The van der Waals surface area contributed by atoms with Crippen molar-refractivity contribution in [2.45, 2.75) is 59.4 Å². The molecule has 0 saturated carbocycles. The number of hydrogen-bond donors (Lipinski definition) is 0. The molecule has 0 N–H and O–H groups in total. The molecule has 0 aliphatic carbocycles. The molecule has 2 rings (SSSR count). The minimum absolute atomic E-state index is 0.0244. The predicted octanol–water partition coefficient (Wildman–Crippen LogP) is 4.29. The van der Waals surface area contributed by atoms with Crippen LogP contribution in [-0.4, -0.2) is 45.7 Å². The standard InChI is InChI=1S/C20H33N3OS/c1-6-22(7-2)18(25)9-8-17-15-23(19(21-17)20(3,4)5)14-16-10-12-24-13-11-16/h8-9,15-16H,6-7,10-14H2,1-5H3. The van der Waals surface area contributed by atoms with Gasteiger partial charge < -0.3 is 14.2 Å². The Morgan fingerprint density at radius 3 is 2.52 bits per heavy atom. The summed E-state index contributed by atoms with van der Waals surface area (Å²) in [6.07, 6.45) is 8.52. The molecule has 0 unspecified atom stereocenters. The van der Waals surface area contributed by atoms with E-state index < -0.39 is 0 Å². The normalized spacial score (nSPS) is 16.5. The first-order valence-corrected chi connectivity index (χ1v) is 9.88. The van der Waals surface area contributed by atoms with Crippen molar-refractivity contribution >= 4 is 23.3 Å². The van der Waals surface area contributed by atoms with E-state index in [0.29, 0.717) is 5.92 Å². The third kappa shape index (κ3) is 5.65. The lowest BCUT2D eigenvalue weighted by Crippen LogP contribution is -2.27. The van der Waals surface area contributed by atoms with Gasteiger partial charge in [-0.15, -0.1) is 0 Å². The summed E-state index contributed by atoms with van der Waals surface area (Å²) >= 11 is 5.51. The van der Waals surface area contributed by atoms with Crippen molar-refractivity contribution in [2.75, 3.05) is 26.3 Å². The molecule has 0 bridgehead atoms. The Morgan fingerprint density at radius 1 is 1.32 bits per heavy atom. The maximum Gasteiger partial charge on any atom is 0.114 e. The Hall–Kier alpha value is -1.20. The largest absolute Gasteiger partial charge is 0.381 e. The van der Waals surface area contributed by atoms with E-state index >= 15 is 0 Å². The van der Waals surface area contributed by atoms with Crippen LogP contribution in [0.1, 0.15) is 59.0 Å². The second-order valence-electron chi connectivity index (χ2n) is 7.79. The molecule has 4 nitrogen and oxygen atoms in total. The number of nitrogens with zero attached hydrogens (tertiary/aromatic N) is 3. The summed E-state index contributed by atoms with van der Waals surface area (Å²) in [4.78, 5) is 7.95. The van der Waals surface area contributed by atoms with Crippen molar-refractivity contribution in [3.8, 4) is 0 Å². The molecule has 5 heteroatoms. The third-order valence-corrected chi connectivity index (χ3v) is 5.13. The highest BCUT2D eigenvalue weighted by atomic mass is 32.1. The van der Waals surface area contributed by atoms with E-state index in [1.54, 1.807) is 0 Å². The van der Waals surface area contributed by atoms with Gasteiger partial charge in [-0.3, -0.25) is 0 Å². The molecule has 2 heterocycles. The molecule has 0 amide bonds. The van der Waals surface area contributed by atoms with Crippen LogP contribution in [0.4, 0.5) is 0 Å². The number of ether oxygens (including phenoxy) is 1. The SMILES string of the molecule is CCN(CC)C(=S)C=Cc1cn(CC2CCOCC2)c(C(C)(C)C)n1. The molecule has 0 atom stereocenters. The van der Waals surface area contributed by atoms with E-state index in [4.69, 9.17) is 21.9 Å². The molecule has 140 valence electrons. The highest BCUT2D eigenvalue weighted by Gasteiger charge is 2.23. The van der Waals surface area contributed by atoms with Gasteiger partial charge in [-0.2, -0.15) is 0 Å². The predicted molar refractivity (Wildman–Crippen MR) is 109 cm³/mol. The molecule has 1 aromatic heterocycles. The molecular formula is C20H33N3OS. The minimum atomic E-state index is 0.0244. The Morgan fingerprint density at radius 2 is 1.96 bits per heavy atom. The van der Waals surface area contributed by atoms with Crippen molar-refractivity contribution in [2.24, 2.45) is 5.92 Å². The molecule has 1 aromatic rings. The van der Waals surface area contributed by atoms with Crippen LogP contribution >= 0.6 is 12.2 Å². The van der Waals surface area contributed by atoms with Crippen molar-refractivity contribution in [1.82, 2.24) is 14.5 Å².